The molecule has 0 spiro atoms. The zero-order valence-corrected chi connectivity index (χ0v) is 4.29. The highest BCUT2D eigenvalue weighted by molar-refractivity contribution is 4.66. The van der Waals surface area contributed by atoms with E-state index >= 15 is 0 Å². The van der Waals surface area contributed by atoms with Crippen molar-refractivity contribution in [2.24, 2.45) is 0 Å². The lowest BCUT2D eigenvalue weighted by molar-refractivity contribution is -0.430. The van der Waals surface area contributed by atoms with Gasteiger partial charge in [-0.05, 0) is 5.03 Å². The van der Waals surface area contributed by atoms with Crippen molar-refractivity contribution in [1.82, 2.24) is 0 Å². The normalized spacial score (nSPS) is 9.00. The second-order valence-corrected chi connectivity index (χ2v) is 1.45. The number of nitrogens with zero attached hydrogens (tertiary/aromatic N) is 2. The molecule has 0 saturated carbocycles. The van der Waals surface area contributed by atoms with Gasteiger partial charge in [-0.1, -0.05) is 19.9 Å². The highest BCUT2D eigenvalue weighted by atomic mass is 16.7. The Balaban J connectivity index is 3.13. The van der Waals surface area contributed by atoms with E-state index < -0.39 is 5.03 Å². The minimum Gasteiger partial charge on any atom is -0.376 e. The Bertz CT molecular complexity index is 71.3. The molecule has 0 rings (SSSR count). The van der Waals surface area contributed by atoms with Crippen LogP contribution >= 0.6 is 0 Å². The van der Waals surface area contributed by atoms with E-state index in [0.717, 1.165) is 0 Å². The summed E-state index contributed by atoms with van der Waals surface area (Å²) in [4.78, 5) is 9.45. The first-order valence-corrected chi connectivity index (χ1v) is 1.98. The largest absolute Gasteiger partial charge is 0.376 e. The molecule has 0 aliphatic rings. The standard InChI is InChI=1S/C3H7N2O2/c1-3(2)4-5(6)7/h3H,1-2H3/q-1. The third kappa shape index (κ3) is 5.20. The van der Waals surface area contributed by atoms with Gasteiger partial charge in [0.1, 0.15) is 0 Å². The Morgan fingerprint density at radius 1 is 1.71 bits per heavy atom. The van der Waals surface area contributed by atoms with Crippen LogP contribution in [0.2, 0.25) is 0 Å². The summed E-state index contributed by atoms with van der Waals surface area (Å²) < 4.78 is 0. The zero-order valence-electron chi connectivity index (χ0n) is 4.29. The summed E-state index contributed by atoms with van der Waals surface area (Å²) in [6.07, 6.45) is 0. The molecule has 4 nitrogen and oxygen atoms in total. The van der Waals surface area contributed by atoms with Crippen molar-refractivity contribution in [3.8, 4) is 0 Å². The summed E-state index contributed by atoms with van der Waals surface area (Å²) in [5.41, 5.74) is 3.00. The molecule has 42 valence electrons. The van der Waals surface area contributed by atoms with E-state index in [0.29, 0.717) is 0 Å². The number of nitro groups is 1. The third-order valence-electron chi connectivity index (χ3n) is 0.325. The molecule has 0 fully saturated rings. The van der Waals surface area contributed by atoms with Crippen LogP contribution in [0.25, 0.3) is 5.43 Å². The summed E-state index contributed by atoms with van der Waals surface area (Å²) in [7, 11) is 0. The molecule has 0 amide bonds. The van der Waals surface area contributed by atoms with Gasteiger partial charge in [0.15, 0.2) is 0 Å². The van der Waals surface area contributed by atoms with Crippen molar-refractivity contribution in [3.63, 3.8) is 0 Å². The van der Waals surface area contributed by atoms with Crippen molar-refractivity contribution < 1.29 is 5.03 Å². The Morgan fingerprint density at radius 3 is 2.14 bits per heavy atom. The molecule has 0 aliphatic heterocycles. The quantitative estimate of drug-likeness (QED) is 0.386. The SMILES string of the molecule is CC(C)[N-][N+](=O)[O-]. The molecule has 0 bridgehead atoms. The fourth-order valence-electron chi connectivity index (χ4n) is 0.189. The van der Waals surface area contributed by atoms with Gasteiger partial charge in [0, 0.05) is 0 Å². The van der Waals surface area contributed by atoms with Crippen LogP contribution in [0.4, 0.5) is 0 Å². The van der Waals surface area contributed by atoms with Crippen LogP contribution in [-0.2, 0) is 0 Å². The molecule has 0 aliphatic carbocycles. The van der Waals surface area contributed by atoms with Crippen LogP contribution in [-0.4, -0.2) is 11.1 Å². The predicted octanol–water partition coefficient (Wildman–Crippen LogP) is 0.960. The fourth-order valence-corrected chi connectivity index (χ4v) is 0.189. The predicted molar refractivity (Wildman–Crippen MR) is 25.5 cm³/mol. The van der Waals surface area contributed by atoms with Gasteiger partial charge in [0.05, 0.1) is 0 Å². The van der Waals surface area contributed by atoms with Gasteiger partial charge >= 0.3 is 0 Å². The molecule has 0 unspecified atom stereocenters. The summed E-state index contributed by atoms with van der Waals surface area (Å²) in [5, 5.41) is 8.77. The van der Waals surface area contributed by atoms with Gasteiger partial charge in [-0.15, -0.1) is 0 Å². The molecular weight excluding hydrogens is 96.0 g/mol. The maximum atomic E-state index is 9.45. The molecule has 0 aromatic heterocycles. The summed E-state index contributed by atoms with van der Waals surface area (Å²) in [5.74, 6) is 0. The van der Waals surface area contributed by atoms with Crippen molar-refractivity contribution in [2.45, 2.75) is 19.9 Å². The minimum atomic E-state index is -0.676. The molecule has 4 heteroatoms. The average Bonchev–Trinajstić information content (AvgIpc) is 1.27. The lowest BCUT2D eigenvalue weighted by atomic mass is 10.4. The molecule has 0 heterocycles. The van der Waals surface area contributed by atoms with Gasteiger partial charge < -0.3 is 5.43 Å². The molecular formula is C3H7N2O2-. The second kappa shape index (κ2) is 2.39. The lowest BCUT2D eigenvalue weighted by Crippen LogP contribution is -1.99. The van der Waals surface area contributed by atoms with E-state index in [1.54, 1.807) is 13.8 Å². The van der Waals surface area contributed by atoms with Crippen LogP contribution in [0.3, 0.4) is 0 Å². The van der Waals surface area contributed by atoms with Crippen molar-refractivity contribution in [1.29, 1.82) is 0 Å². The fraction of sp³-hybridized carbons (Fsp3) is 1.00. The highest BCUT2D eigenvalue weighted by Crippen LogP contribution is 1.94. The zero-order chi connectivity index (χ0) is 5.86. The lowest BCUT2D eigenvalue weighted by Gasteiger charge is -2.11. The van der Waals surface area contributed by atoms with E-state index in [1.807, 2.05) is 0 Å². The van der Waals surface area contributed by atoms with Crippen LogP contribution < -0.4 is 0 Å². The monoisotopic (exact) mass is 103 g/mol. The maximum Gasteiger partial charge on any atom is -0.0124 e. The summed E-state index contributed by atoms with van der Waals surface area (Å²) >= 11 is 0. The smallest absolute Gasteiger partial charge is 0.0124 e. The van der Waals surface area contributed by atoms with E-state index in [2.05, 4.69) is 5.43 Å². The van der Waals surface area contributed by atoms with Crippen LogP contribution in [0.5, 0.6) is 0 Å². The molecule has 7 heavy (non-hydrogen) atoms. The maximum absolute atomic E-state index is 9.45. The number of hydrogen-bond acceptors (Lipinski definition) is 2. The first-order valence-electron chi connectivity index (χ1n) is 1.98. The Hall–Kier alpha value is -0.800. The van der Waals surface area contributed by atoms with Gasteiger partial charge in [0.2, 0.25) is 0 Å². The second-order valence-electron chi connectivity index (χ2n) is 1.45. The Kier molecular flexibility index (Phi) is 2.11. The van der Waals surface area contributed by atoms with Gasteiger partial charge in [-0.3, -0.25) is 10.1 Å². The van der Waals surface area contributed by atoms with E-state index in [1.165, 1.54) is 0 Å². The van der Waals surface area contributed by atoms with Crippen LogP contribution in [0.1, 0.15) is 13.8 Å². The van der Waals surface area contributed by atoms with E-state index in [9.17, 15) is 10.1 Å². The van der Waals surface area contributed by atoms with Crippen molar-refractivity contribution in [3.05, 3.63) is 15.5 Å². The van der Waals surface area contributed by atoms with Crippen molar-refractivity contribution in [2.75, 3.05) is 0 Å². The van der Waals surface area contributed by atoms with Gasteiger partial charge in [-0.2, -0.15) is 0 Å². The molecule has 0 atom stereocenters. The van der Waals surface area contributed by atoms with Crippen molar-refractivity contribution >= 4 is 0 Å². The molecule has 0 saturated heterocycles. The average molecular weight is 103 g/mol. The first-order chi connectivity index (χ1) is 3.13. The van der Waals surface area contributed by atoms with Gasteiger partial charge in [0.25, 0.3) is 0 Å². The van der Waals surface area contributed by atoms with E-state index in [-0.39, 0.29) is 6.04 Å². The first kappa shape index (κ1) is 6.20. The van der Waals surface area contributed by atoms with Crippen LogP contribution in [0.15, 0.2) is 0 Å². The summed E-state index contributed by atoms with van der Waals surface area (Å²) in [6, 6.07) is -0.199. The third-order valence-corrected chi connectivity index (χ3v) is 0.325. The minimum absolute atomic E-state index is 0.199. The Labute approximate surface area is 41.6 Å². The number of hydrogen-bond donors (Lipinski definition) is 0. The topological polar surface area (TPSA) is 57.2 Å². The van der Waals surface area contributed by atoms with E-state index in [4.69, 9.17) is 0 Å². The summed E-state index contributed by atoms with van der Waals surface area (Å²) in [6.45, 7) is 3.31. The van der Waals surface area contributed by atoms with Crippen LogP contribution in [0, 0.1) is 10.1 Å². The molecule has 0 N–H and O–H groups in total. The molecule has 0 aromatic carbocycles. The van der Waals surface area contributed by atoms with Gasteiger partial charge in [-0.25, -0.2) is 0 Å². The molecule has 0 radical (unpaired) electrons. The highest BCUT2D eigenvalue weighted by Gasteiger charge is 1.80. The molecule has 0 aromatic rings. The Morgan fingerprint density at radius 2 is 2.14 bits per heavy atom. The number of rotatable bonds is 2.